The number of anilines is 1. The number of carbonyl (C=O) groups is 1. The van der Waals surface area contributed by atoms with E-state index in [-0.39, 0.29) is 5.91 Å². The lowest BCUT2D eigenvalue weighted by atomic mass is 9.98. The first kappa shape index (κ1) is 20.5. The maximum atomic E-state index is 12.6. The molecule has 0 aliphatic rings. The number of amides is 1. The second kappa shape index (κ2) is 8.50. The Labute approximate surface area is 184 Å². The van der Waals surface area contributed by atoms with Crippen LogP contribution in [0.25, 0.3) is 22.6 Å². The summed E-state index contributed by atoms with van der Waals surface area (Å²) in [6, 6.07) is 18.1. The number of oxazole rings is 1. The van der Waals surface area contributed by atoms with Gasteiger partial charge in [0.15, 0.2) is 5.58 Å². The topological polar surface area (TPSA) is 55.1 Å². The van der Waals surface area contributed by atoms with Crippen molar-refractivity contribution in [1.29, 1.82) is 0 Å². The second-order valence-corrected chi connectivity index (χ2v) is 8.06. The van der Waals surface area contributed by atoms with Crippen LogP contribution < -0.4 is 5.32 Å². The van der Waals surface area contributed by atoms with Crippen molar-refractivity contribution in [3.63, 3.8) is 0 Å². The van der Waals surface area contributed by atoms with Crippen LogP contribution in [0, 0.1) is 0 Å². The summed E-state index contributed by atoms with van der Waals surface area (Å²) in [5.41, 5.74) is 4.40. The van der Waals surface area contributed by atoms with Crippen LogP contribution in [0.15, 0.2) is 65.1 Å². The molecule has 0 radical (unpaired) electrons. The maximum Gasteiger partial charge on any atom is 0.255 e. The van der Waals surface area contributed by atoms with E-state index in [1.165, 1.54) is 5.56 Å². The highest BCUT2D eigenvalue weighted by molar-refractivity contribution is 6.34. The second-order valence-electron chi connectivity index (χ2n) is 7.21. The number of nitrogens with one attached hydrogen (secondary N) is 1. The summed E-state index contributed by atoms with van der Waals surface area (Å²) in [4.78, 5) is 17.2. The monoisotopic (exact) mass is 438 g/mol. The molecule has 4 rings (SSSR count). The van der Waals surface area contributed by atoms with Gasteiger partial charge in [0.25, 0.3) is 5.91 Å². The van der Waals surface area contributed by atoms with Crippen molar-refractivity contribution in [2.24, 2.45) is 0 Å². The predicted molar refractivity (Wildman–Crippen MR) is 123 cm³/mol. The summed E-state index contributed by atoms with van der Waals surface area (Å²) in [6.07, 6.45) is 1.06. The third kappa shape index (κ3) is 4.20. The van der Waals surface area contributed by atoms with Crippen molar-refractivity contribution in [3.8, 4) is 11.5 Å². The Balaban J connectivity index is 1.65. The molecule has 152 valence electrons. The van der Waals surface area contributed by atoms with E-state index >= 15 is 0 Å². The molecule has 0 unspecified atom stereocenters. The van der Waals surface area contributed by atoms with E-state index in [0.717, 1.165) is 23.1 Å². The summed E-state index contributed by atoms with van der Waals surface area (Å²) < 4.78 is 5.94. The Morgan fingerprint density at radius 3 is 2.70 bits per heavy atom. The third-order valence-corrected chi connectivity index (χ3v) is 5.71. The molecule has 1 N–H and O–H groups in total. The number of halogens is 2. The number of rotatable bonds is 5. The molecule has 4 nitrogen and oxygen atoms in total. The van der Waals surface area contributed by atoms with Crippen molar-refractivity contribution in [1.82, 2.24) is 4.98 Å². The Bertz CT molecular complexity index is 1230. The van der Waals surface area contributed by atoms with Crippen LogP contribution in [0.4, 0.5) is 5.69 Å². The number of aromatic nitrogens is 1. The number of nitrogens with zero attached hydrogens (tertiary/aromatic N) is 1. The van der Waals surface area contributed by atoms with E-state index in [1.807, 2.05) is 12.1 Å². The molecule has 1 amide bonds. The fourth-order valence-electron chi connectivity index (χ4n) is 3.19. The molecule has 6 heteroatoms. The molecule has 0 saturated carbocycles. The van der Waals surface area contributed by atoms with Crippen molar-refractivity contribution in [2.45, 2.75) is 26.2 Å². The quantitative estimate of drug-likeness (QED) is 0.349. The fraction of sp³-hybridized carbons (Fsp3) is 0.167. The molecule has 1 heterocycles. The fourth-order valence-corrected chi connectivity index (χ4v) is 3.54. The smallest absolute Gasteiger partial charge is 0.255 e. The van der Waals surface area contributed by atoms with Gasteiger partial charge in [0.2, 0.25) is 5.89 Å². The Morgan fingerprint density at radius 2 is 1.93 bits per heavy atom. The van der Waals surface area contributed by atoms with E-state index < -0.39 is 0 Å². The van der Waals surface area contributed by atoms with E-state index in [9.17, 15) is 4.79 Å². The van der Waals surface area contributed by atoms with Gasteiger partial charge in [0.05, 0.1) is 10.7 Å². The maximum absolute atomic E-state index is 12.6. The number of hydrogen-bond acceptors (Lipinski definition) is 3. The van der Waals surface area contributed by atoms with Gasteiger partial charge in [0.1, 0.15) is 5.52 Å². The van der Waals surface area contributed by atoms with E-state index in [1.54, 1.807) is 36.4 Å². The number of benzene rings is 3. The number of fused-ring (bicyclic) bond motifs is 1. The van der Waals surface area contributed by atoms with E-state index in [2.05, 4.69) is 36.3 Å². The molecule has 0 spiro atoms. The lowest BCUT2D eigenvalue weighted by molar-refractivity contribution is 0.102. The molecular weight excluding hydrogens is 419 g/mol. The van der Waals surface area contributed by atoms with Crippen molar-refractivity contribution in [2.75, 3.05) is 5.32 Å². The minimum Gasteiger partial charge on any atom is -0.436 e. The molecule has 0 aliphatic heterocycles. The third-order valence-electron chi connectivity index (χ3n) is 5.14. The van der Waals surface area contributed by atoms with E-state index in [0.29, 0.717) is 33.1 Å². The van der Waals surface area contributed by atoms with Crippen LogP contribution >= 0.6 is 23.2 Å². The van der Waals surface area contributed by atoms with Gasteiger partial charge in [-0.05, 0) is 66.4 Å². The van der Waals surface area contributed by atoms with Gasteiger partial charge in [-0.2, -0.15) is 0 Å². The normalized spacial score (nSPS) is 12.1. The SMILES string of the molecule is CC[C@H](C)c1ccc2oc(-c3ccc(Cl)c(NC(=O)c4cccc(Cl)c4)c3)nc2c1. The van der Waals surface area contributed by atoms with Crippen LogP contribution in [0.1, 0.15) is 42.1 Å². The molecule has 30 heavy (non-hydrogen) atoms. The highest BCUT2D eigenvalue weighted by Crippen LogP contribution is 2.32. The van der Waals surface area contributed by atoms with E-state index in [4.69, 9.17) is 27.6 Å². The van der Waals surface area contributed by atoms with Gasteiger partial charge in [0, 0.05) is 16.1 Å². The van der Waals surface area contributed by atoms with Crippen molar-refractivity contribution < 1.29 is 9.21 Å². The van der Waals surface area contributed by atoms with Crippen LogP contribution in [-0.2, 0) is 0 Å². The molecule has 4 aromatic rings. The van der Waals surface area contributed by atoms with Crippen LogP contribution in [-0.4, -0.2) is 10.9 Å². The molecule has 1 atom stereocenters. The first-order valence-corrected chi connectivity index (χ1v) is 10.5. The average molecular weight is 439 g/mol. The summed E-state index contributed by atoms with van der Waals surface area (Å²) in [7, 11) is 0. The standard InChI is InChI=1S/C24H20Cl2N2O2/c1-3-14(2)15-8-10-22-21(12-15)28-24(30-22)17-7-9-19(26)20(13-17)27-23(29)16-5-4-6-18(25)11-16/h4-14H,3H2,1-2H3,(H,27,29)/t14-/m0/s1. The minimum absolute atomic E-state index is 0.299. The summed E-state index contributed by atoms with van der Waals surface area (Å²) in [5, 5.41) is 3.74. The van der Waals surface area contributed by atoms with Gasteiger partial charge in [-0.1, -0.05) is 49.2 Å². The molecule has 1 aromatic heterocycles. The minimum atomic E-state index is -0.299. The van der Waals surface area contributed by atoms with Crippen LogP contribution in [0.2, 0.25) is 10.0 Å². The Morgan fingerprint density at radius 1 is 1.10 bits per heavy atom. The zero-order chi connectivity index (χ0) is 21.3. The predicted octanol–water partition coefficient (Wildman–Crippen LogP) is 7.57. The van der Waals surface area contributed by atoms with Crippen LogP contribution in [0.5, 0.6) is 0 Å². The lowest BCUT2D eigenvalue weighted by Crippen LogP contribution is -2.12. The van der Waals surface area contributed by atoms with Crippen molar-refractivity contribution >= 4 is 45.9 Å². The lowest BCUT2D eigenvalue weighted by Gasteiger charge is -2.09. The van der Waals surface area contributed by atoms with Gasteiger partial charge in [-0.15, -0.1) is 0 Å². The highest BCUT2D eigenvalue weighted by Gasteiger charge is 2.14. The highest BCUT2D eigenvalue weighted by atomic mass is 35.5. The van der Waals surface area contributed by atoms with Crippen molar-refractivity contribution in [3.05, 3.63) is 81.8 Å². The zero-order valence-corrected chi connectivity index (χ0v) is 18.1. The van der Waals surface area contributed by atoms with Gasteiger partial charge < -0.3 is 9.73 Å². The van der Waals surface area contributed by atoms with Gasteiger partial charge >= 0.3 is 0 Å². The molecule has 3 aromatic carbocycles. The summed E-state index contributed by atoms with van der Waals surface area (Å²) in [6.45, 7) is 4.35. The van der Waals surface area contributed by atoms with Gasteiger partial charge in [-0.25, -0.2) is 4.98 Å². The molecular formula is C24H20Cl2N2O2. The first-order chi connectivity index (χ1) is 14.4. The Kier molecular flexibility index (Phi) is 5.80. The average Bonchev–Trinajstić information content (AvgIpc) is 3.18. The summed E-state index contributed by atoms with van der Waals surface area (Å²) in [5.74, 6) is 0.631. The van der Waals surface area contributed by atoms with Crippen LogP contribution in [0.3, 0.4) is 0 Å². The number of hydrogen-bond donors (Lipinski definition) is 1. The summed E-state index contributed by atoms with van der Waals surface area (Å²) >= 11 is 12.3. The number of carbonyl (C=O) groups excluding carboxylic acids is 1. The zero-order valence-electron chi connectivity index (χ0n) is 16.6. The molecule has 0 aliphatic carbocycles. The first-order valence-electron chi connectivity index (χ1n) is 9.72. The van der Waals surface area contributed by atoms with Gasteiger partial charge in [-0.3, -0.25) is 4.79 Å². The largest absolute Gasteiger partial charge is 0.436 e. The molecule has 0 bridgehead atoms. The Hall–Kier alpha value is -2.82. The molecule has 0 fully saturated rings. The molecule has 0 saturated heterocycles.